The molecular weight excluding hydrogens is 1070 g/mol. The Bertz CT molecular complexity index is 2210. The quantitative estimate of drug-likeness (QED) is 0.0225. The van der Waals surface area contributed by atoms with Crippen molar-refractivity contribution < 1.29 is 71.4 Å². The topological polar surface area (TPSA) is 185 Å². The first-order chi connectivity index (χ1) is 41.1. The third kappa shape index (κ3) is 38.8. The summed E-state index contributed by atoms with van der Waals surface area (Å²) in [6, 6.07) is 22.8. The molecule has 15 nitrogen and oxygen atoms in total. The number of carbonyl (C=O) groups is 6. The molecule has 3 aromatic rings. The Balaban J connectivity index is 1.26. The zero-order valence-corrected chi connectivity index (χ0v) is 50.8. The Morgan fingerprint density at radius 3 is 0.845 bits per heavy atom. The van der Waals surface area contributed by atoms with Crippen LogP contribution in [0.25, 0.3) is 18.2 Å². The minimum absolute atomic E-state index is 0.161. The Morgan fingerprint density at radius 2 is 0.571 bits per heavy atom. The van der Waals surface area contributed by atoms with Crippen molar-refractivity contribution in [2.45, 2.75) is 200 Å². The van der Waals surface area contributed by atoms with Gasteiger partial charge in [0.15, 0.2) is 6.10 Å². The number of esters is 6. The Morgan fingerprint density at radius 1 is 0.321 bits per heavy atom. The van der Waals surface area contributed by atoms with Crippen LogP contribution in [0.15, 0.2) is 91.0 Å². The normalized spacial score (nSPS) is 11.3. The van der Waals surface area contributed by atoms with Gasteiger partial charge in [-0.15, -0.1) is 0 Å². The predicted molar refractivity (Wildman–Crippen MR) is 329 cm³/mol. The monoisotopic (exact) mass is 1170 g/mol. The van der Waals surface area contributed by atoms with Gasteiger partial charge in [-0.3, -0.25) is 14.4 Å². The van der Waals surface area contributed by atoms with E-state index in [-0.39, 0.29) is 62.3 Å². The van der Waals surface area contributed by atoms with Gasteiger partial charge in [0, 0.05) is 37.5 Å². The summed E-state index contributed by atoms with van der Waals surface area (Å²) in [7, 11) is 0. The number of hydrogen-bond donors (Lipinski definition) is 0. The van der Waals surface area contributed by atoms with Crippen LogP contribution in [0.4, 0.5) is 0 Å². The fourth-order valence-corrected chi connectivity index (χ4v) is 8.83. The lowest BCUT2D eigenvalue weighted by Gasteiger charge is -2.18. The molecule has 0 heterocycles. The number of unbranched alkanes of at least 4 members (excludes halogenated alkanes) is 21. The Hall–Kier alpha value is -6.90. The highest BCUT2D eigenvalue weighted by atomic mass is 16.6. The fraction of sp³-hybridized carbons (Fsp3) is 0.565. The molecule has 3 aromatic carbocycles. The van der Waals surface area contributed by atoms with Crippen LogP contribution in [0.5, 0.6) is 17.2 Å². The van der Waals surface area contributed by atoms with Gasteiger partial charge in [0.2, 0.25) is 0 Å². The van der Waals surface area contributed by atoms with E-state index in [2.05, 4.69) is 0 Å². The van der Waals surface area contributed by atoms with E-state index in [1.807, 2.05) is 72.8 Å². The zero-order valence-electron chi connectivity index (χ0n) is 50.8. The first kappa shape index (κ1) is 71.4. The van der Waals surface area contributed by atoms with Crippen molar-refractivity contribution in [2.75, 3.05) is 52.9 Å². The van der Waals surface area contributed by atoms with Gasteiger partial charge in [-0.25, -0.2) is 14.4 Å². The van der Waals surface area contributed by atoms with Crippen LogP contribution >= 0.6 is 0 Å². The smallest absolute Gasteiger partial charge is 0.330 e. The van der Waals surface area contributed by atoms with Crippen LogP contribution in [-0.2, 0) is 57.2 Å². The summed E-state index contributed by atoms with van der Waals surface area (Å²) < 4.78 is 49.3. The van der Waals surface area contributed by atoms with Crippen LogP contribution in [0, 0.1) is 0 Å². The van der Waals surface area contributed by atoms with E-state index in [1.165, 1.54) is 18.2 Å². The Kier molecular flexibility index (Phi) is 41.2. The molecule has 0 saturated heterocycles. The molecule has 0 N–H and O–H groups in total. The molecule has 0 unspecified atom stereocenters. The minimum Gasteiger partial charge on any atom is -0.494 e. The molecular formula is C69H98O15. The summed E-state index contributed by atoms with van der Waals surface area (Å²) in [5.41, 5.74) is 2.70. The first-order valence-corrected chi connectivity index (χ1v) is 31.3. The summed E-state index contributed by atoms with van der Waals surface area (Å²) in [5.74, 6) is 0.203. The number of hydrogen-bond acceptors (Lipinski definition) is 15. The second-order valence-electron chi connectivity index (χ2n) is 20.7. The second kappa shape index (κ2) is 48.5. The Labute approximate surface area is 501 Å². The van der Waals surface area contributed by atoms with Crippen molar-refractivity contribution in [1.82, 2.24) is 0 Å². The highest BCUT2D eigenvalue weighted by Crippen LogP contribution is 2.19. The molecule has 0 aliphatic carbocycles. The summed E-state index contributed by atoms with van der Waals surface area (Å²) in [4.78, 5) is 73.1. The van der Waals surface area contributed by atoms with Gasteiger partial charge in [-0.2, -0.15) is 0 Å². The number of rotatable bonds is 50. The van der Waals surface area contributed by atoms with Gasteiger partial charge in [0.05, 0.1) is 39.6 Å². The van der Waals surface area contributed by atoms with E-state index in [4.69, 9.17) is 42.6 Å². The molecule has 464 valence electrons. The van der Waals surface area contributed by atoms with E-state index < -0.39 is 12.1 Å². The van der Waals surface area contributed by atoms with Crippen molar-refractivity contribution in [1.29, 1.82) is 0 Å². The van der Waals surface area contributed by atoms with E-state index in [0.29, 0.717) is 58.9 Å². The molecule has 0 aromatic heterocycles. The van der Waals surface area contributed by atoms with E-state index in [1.54, 1.807) is 39.0 Å². The first-order valence-electron chi connectivity index (χ1n) is 31.3. The molecule has 0 aliphatic rings. The maximum Gasteiger partial charge on any atom is 0.330 e. The molecule has 15 heteroatoms. The van der Waals surface area contributed by atoms with Crippen LogP contribution in [0.2, 0.25) is 0 Å². The highest BCUT2D eigenvalue weighted by molar-refractivity contribution is 5.88. The highest BCUT2D eigenvalue weighted by Gasteiger charge is 2.20. The fourth-order valence-electron chi connectivity index (χ4n) is 8.83. The van der Waals surface area contributed by atoms with Gasteiger partial charge in [0.1, 0.15) is 30.5 Å². The molecule has 0 amide bonds. The molecule has 3 rings (SSSR count). The molecule has 0 spiro atoms. The lowest BCUT2D eigenvalue weighted by molar-refractivity contribution is -0.167. The average Bonchev–Trinajstić information content (AvgIpc) is 3.50. The number of carbonyl (C=O) groups excluding carboxylic acids is 6. The largest absolute Gasteiger partial charge is 0.494 e. The predicted octanol–water partition coefficient (Wildman–Crippen LogP) is 15.5. The maximum absolute atomic E-state index is 13.0. The van der Waals surface area contributed by atoms with Crippen LogP contribution in [0.1, 0.15) is 211 Å². The molecule has 84 heavy (non-hydrogen) atoms. The SMILES string of the molecule is CCOC(=O)/C=C/c1ccc(OCCCCCCCCCCC(=O)OCC(COC(=O)CCCCCCCCCCOc2ccc(/C=C/C(=O)OCC)cc2)OC(=O)CCCCCCCCCCOc2ccc(/C=C/C(=O)OCC)cc2)cc1. The van der Waals surface area contributed by atoms with Crippen molar-refractivity contribution in [3.63, 3.8) is 0 Å². The van der Waals surface area contributed by atoms with E-state index in [9.17, 15) is 28.8 Å². The third-order valence-electron chi connectivity index (χ3n) is 13.5. The summed E-state index contributed by atoms with van der Waals surface area (Å²) in [6.45, 7) is 7.97. The summed E-state index contributed by atoms with van der Waals surface area (Å²) >= 11 is 0. The molecule has 0 saturated carbocycles. The number of benzene rings is 3. The van der Waals surface area contributed by atoms with Gasteiger partial charge < -0.3 is 42.6 Å². The van der Waals surface area contributed by atoms with Gasteiger partial charge in [-0.05, 0) is 131 Å². The van der Waals surface area contributed by atoms with Crippen molar-refractivity contribution >= 4 is 54.0 Å². The average molecular weight is 1170 g/mol. The zero-order chi connectivity index (χ0) is 60.3. The van der Waals surface area contributed by atoms with E-state index in [0.717, 1.165) is 169 Å². The summed E-state index contributed by atoms with van der Waals surface area (Å²) in [5, 5.41) is 0. The molecule has 0 fully saturated rings. The van der Waals surface area contributed by atoms with Crippen LogP contribution < -0.4 is 14.2 Å². The van der Waals surface area contributed by atoms with Gasteiger partial charge in [-0.1, -0.05) is 152 Å². The molecule has 0 bridgehead atoms. The standard InChI is InChI=1S/C69H98O15/c1-4-76-66(72)49-40-57-34-43-60(44-35-57)79-52-28-22-16-10-7-13-19-25-31-64(70)82-55-63(84-69(75)33-27-21-15-9-12-18-24-30-54-81-62-47-38-59(39-48-62)42-51-68(74)78-6-3)56-83-65(71)32-26-20-14-8-11-17-23-29-53-80-61-45-36-58(37-46-61)41-50-67(73)77-5-2/h34-51,63H,4-33,52-56H2,1-3H3/b49-40+,50-41+,51-42+. The van der Waals surface area contributed by atoms with Crippen molar-refractivity contribution in [3.8, 4) is 17.2 Å². The molecule has 0 aliphatic heterocycles. The number of ether oxygens (including phenoxy) is 9. The van der Waals surface area contributed by atoms with Gasteiger partial charge in [0.25, 0.3) is 0 Å². The third-order valence-corrected chi connectivity index (χ3v) is 13.5. The van der Waals surface area contributed by atoms with Crippen LogP contribution in [-0.4, -0.2) is 94.8 Å². The molecule has 0 radical (unpaired) electrons. The second-order valence-corrected chi connectivity index (χ2v) is 20.7. The van der Waals surface area contributed by atoms with E-state index >= 15 is 0 Å². The lowest BCUT2D eigenvalue weighted by atomic mass is 10.1. The maximum atomic E-state index is 13.0. The molecule has 0 atom stereocenters. The summed E-state index contributed by atoms with van der Waals surface area (Å²) in [6.07, 6.45) is 33.3. The van der Waals surface area contributed by atoms with Crippen molar-refractivity contribution in [3.05, 3.63) is 108 Å². The minimum atomic E-state index is -0.872. The lowest BCUT2D eigenvalue weighted by Crippen LogP contribution is -2.30. The van der Waals surface area contributed by atoms with Crippen molar-refractivity contribution in [2.24, 2.45) is 0 Å². The van der Waals surface area contributed by atoms with Crippen LogP contribution in [0.3, 0.4) is 0 Å². The van der Waals surface area contributed by atoms with Gasteiger partial charge >= 0.3 is 35.8 Å².